The van der Waals surface area contributed by atoms with E-state index in [0.29, 0.717) is 45.7 Å². The van der Waals surface area contributed by atoms with Crippen molar-refractivity contribution in [2.24, 2.45) is 0 Å². The second-order valence-corrected chi connectivity index (χ2v) is 38.8. The highest BCUT2D eigenvalue weighted by Gasteiger charge is 2.52. The Morgan fingerprint density at radius 3 is 1.26 bits per heavy atom. The molecule has 0 spiro atoms. The summed E-state index contributed by atoms with van der Waals surface area (Å²) in [5, 5.41) is 25.6. The SMILES string of the molecule is CC1(C)OC(CO)[C@H](CCO[Si](c2ccccc2)(c2ccccc2)C(C)(C)C)O1.CCN(CC)CC.COc1ccc(CO[C@@H](C)CC#CC(O)C2OC(C)(C)O[C@H]2CCO[Si](c2ccccc2)(c2ccccc2)C(C)(C)C)cc1.COc1ccc(CO[C@@H](C)CC=C(Br)Br)cc1. The van der Waals surface area contributed by atoms with Gasteiger partial charge in [-0.2, -0.15) is 0 Å². The van der Waals surface area contributed by atoms with E-state index >= 15 is 0 Å². The Balaban J connectivity index is 0.000000273. The zero-order valence-electron chi connectivity index (χ0n) is 60.9. The molecule has 17 heteroatoms. The highest BCUT2D eigenvalue weighted by molar-refractivity contribution is 9.28. The van der Waals surface area contributed by atoms with Gasteiger partial charge in [0.25, 0.3) is 16.6 Å². The highest BCUT2D eigenvalue weighted by atomic mass is 79.9. The zero-order chi connectivity index (χ0) is 71.3. The molecule has 6 aromatic carbocycles. The molecular formula is C80H113Br2NO12Si2. The fourth-order valence-corrected chi connectivity index (χ4v) is 21.7. The number of aliphatic hydroxyl groups is 2. The highest BCUT2D eigenvalue weighted by Crippen LogP contribution is 2.40. The lowest BCUT2D eigenvalue weighted by atomic mass is 10.1. The molecule has 2 N–H and O–H groups in total. The van der Waals surface area contributed by atoms with E-state index in [0.717, 1.165) is 32.4 Å². The molecule has 0 aliphatic carbocycles. The average Bonchev–Trinajstić information content (AvgIpc) is 1.48. The standard InChI is InChI=1S/C37H48O6Si.C24H34O4Si.C13H16Br2O2.C6H15N/c1-28(40-27-29-21-23-30(39-7)24-22-29)15-14-20-33(38)35-34(42-37(5,6)43-35)25-26-41-44(36(2,3)4,31-16-10-8-11-17-31)32-18-12-9-13-19-32;1-23(2,3)29(19-12-8-6-9-13-19,20-14-10-7-11-15-20)26-17-16-21-22(18-25)28-24(4,5)27-21;1-10(3-8-13(14)15)17-9-11-4-6-12(16-2)7-5-11;1-4-7(5-2)6-3/h8-13,16-19,21-24,28,33-35,38H,15,25-27H2,1-7H3;6-15,21-22,25H,16-18H2,1-5H3;4-8,10H,3,9H2,1-2H3;4-6H2,1-3H3/t28-,33?,34-,35?;21-,22?;10-;/m000./s1. The van der Waals surface area contributed by atoms with Gasteiger partial charge < -0.3 is 61.9 Å². The third kappa shape index (κ3) is 25.6. The number of hydrogen-bond donors (Lipinski definition) is 2. The second-order valence-electron chi connectivity index (χ2n) is 27.4. The predicted octanol–water partition coefficient (Wildman–Crippen LogP) is 15.3. The van der Waals surface area contributed by atoms with Crippen molar-refractivity contribution in [1.82, 2.24) is 4.90 Å². The Morgan fingerprint density at radius 2 is 0.907 bits per heavy atom. The van der Waals surface area contributed by atoms with Crippen LogP contribution in [0.25, 0.3) is 0 Å². The van der Waals surface area contributed by atoms with Gasteiger partial charge >= 0.3 is 0 Å². The van der Waals surface area contributed by atoms with Gasteiger partial charge in [-0.05, 0) is 179 Å². The molecule has 2 aliphatic rings. The van der Waals surface area contributed by atoms with Crippen LogP contribution in [0.4, 0.5) is 0 Å². The van der Waals surface area contributed by atoms with Crippen LogP contribution in [-0.4, -0.2) is 140 Å². The summed E-state index contributed by atoms with van der Waals surface area (Å²) in [6.45, 7) is 37.4. The Labute approximate surface area is 601 Å². The minimum Gasteiger partial charge on any atom is -0.497 e. The molecular weight excluding hydrogens is 1380 g/mol. The Kier molecular flexibility index (Phi) is 34.7. The number of benzene rings is 6. The molecule has 3 unspecified atom stereocenters. The maximum Gasteiger partial charge on any atom is 0.261 e. The van der Waals surface area contributed by atoms with Crippen molar-refractivity contribution in [3.63, 3.8) is 0 Å². The van der Waals surface area contributed by atoms with Crippen LogP contribution in [0, 0.1) is 11.8 Å². The van der Waals surface area contributed by atoms with Gasteiger partial charge in [-0.15, -0.1) is 0 Å². The minimum absolute atomic E-state index is 0.0483. The van der Waals surface area contributed by atoms with Crippen molar-refractivity contribution in [2.45, 2.75) is 207 Å². The molecule has 0 amide bonds. The third-order valence-electron chi connectivity index (χ3n) is 17.2. The van der Waals surface area contributed by atoms with Gasteiger partial charge in [-0.3, -0.25) is 0 Å². The van der Waals surface area contributed by atoms with E-state index in [1.54, 1.807) is 14.2 Å². The maximum absolute atomic E-state index is 11.1. The molecule has 6 aromatic rings. The number of hydrogen-bond acceptors (Lipinski definition) is 13. The van der Waals surface area contributed by atoms with Crippen LogP contribution in [0.15, 0.2) is 179 Å². The third-order valence-corrected chi connectivity index (χ3v) is 28.0. The van der Waals surface area contributed by atoms with E-state index < -0.39 is 40.4 Å². The monoisotopic (exact) mass is 1490 g/mol. The summed E-state index contributed by atoms with van der Waals surface area (Å²) in [4.78, 5) is 2.38. The molecule has 2 saturated heterocycles. The second kappa shape index (κ2) is 40.6. The van der Waals surface area contributed by atoms with Gasteiger partial charge in [0.2, 0.25) is 0 Å². The quantitative estimate of drug-likeness (QED) is 0.0357. The van der Waals surface area contributed by atoms with Crippen LogP contribution in [-0.2, 0) is 50.5 Å². The Hall–Kier alpha value is -4.83. The lowest BCUT2D eigenvalue weighted by Gasteiger charge is -2.43. The van der Waals surface area contributed by atoms with E-state index in [1.165, 1.54) is 40.4 Å². The topological polar surface area (TPSA) is 136 Å². The summed E-state index contributed by atoms with van der Waals surface area (Å²) in [5.41, 5.74) is 2.21. The van der Waals surface area contributed by atoms with E-state index in [4.69, 9.17) is 46.7 Å². The number of methoxy groups -OCH3 is 2. The smallest absolute Gasteiger partial charge is 0.261 e. The molecule has 2 heterocycles. The Bertz CT molecular complexity index is 3140. The first-order valence-corrected chi connectivity index (χ1v) is 39.7. The Morgan fingerprint density at radius 1 is 0.546 bits per heavy atom. The number of ether oxygens (including phenoxy) is 8. The van der Waals surface area contributed by atoms with Crippen LogP contribution >= 0.6 is 31.9 Å². The largest absolute Gasteiger partial charge is 0.497 e. The van der Waals surface area contributed by atoms with Crippen LogP contribution in [0.1, 0.15) is 141 Å². The molecule has 8 rings (SSSR count). The molecule has 97 heavy (non-hydrogen) atoms. The van der Waals surface area contributed by atoms with Crippen LogP contribution in [0.2, 0.25) is 10.1 Å². The summed E-state index contributed by atoms with van der Waals surface area (Å²) < 4.78 is 61.2. The van der Waals surface area contributed by atoms with Crippen LogP contribution in [0.3, 0.4) is 0 Å². The van der Waals surface area contributed by atoms with Crippen LogP contribution in [0.5, 0.6) is 11.5 Å². The number of rotatable bonds is 28. The van der Waals surface area contributed by atoms with Crippen molar-refractivity contribution in [2.75, 3.05) is 53.7 Å². The van der Waals surface area contributed by atoms with E-state index in [-0.39, 0.29) is 47.2 Å². The van der Waals surface area contributed by atoms with E-state index in [1.807, 2.05) is 113 Å². The predicted molar refractivity (Wildman–Crippen MR) is 408 cm³/mol. The summed E-state index contributed by atoms with van der Waals surface area (Å²) in [6.07, 6.45) is 2.33. The van der Waals surface area contributed by atoms with Crippen molar-refractivity contribution in [3.8, 4) is 23.3 Å². The van der Waals surface area contributed by atoms with Gasteiger partial charge in [-0.1, -0.05) is 226 Å². The first kappa shape index (κ1) is 82.8. The molecule has 13 nitrogen and oxygen atoms in total. The molecule has 0 aromatic heterocycles. The fourth-order valence-electron chi connectivity index (χ4n) is 12.2. The molecule has 7 atom stereocenters. The van der Waals surface area contributed by atoms with Crippen molar-refractivity contribution in [1.29, 1.82) is 0 Å². The van der Waals surface area contributed by atoms with Crippen molar-refractivity contribution in [3.05, 3.63) is 190 Å². The minimum atomic E-state index is -2.68. The molecule has 0 saturated carbocycles. The number of halogens is 2. The fraction of sp³-hybridized carbons (Fsp3) is 0.500. The van der Waals surface area contributed by atoms with Gasteiger partial charge in [0.15, 0.2) is 11.6 Å². The first-order valence-electron chi connectivity index (χ1n) is 34.3. The molecule has 0 radical (unpaired) electrons. The number of nitrogens with zero attached hydrogens (tertiary/aromatic N) is 1. The lowest BCUT2D eigenvalue weighted by molar-refractivity contribution is -0.152. The summed E-state index contributed by atoms with van der Waals surface area (Å²) in [5.74, 6) is 6.28. The van der Waals surface area contributed by atoms with Crippen molar-refractivity contribution < 1.29 is 57.0 Å². The van der Waals surface area contributed by atoms with Gasteiger partial charge in [0.05, 0.1) is 61.8 Å². The molecule has 532 valence electrons. The lowest BCUT2D eigenvalue weighted by Crippen LogP contribution is -2.66. The normalized spacial score (nSPS) is 18.3. The summed E-state index contributed by atoms with van der Waals surface area (Å²) >= 11 is 6.65. The van der Waals surface area contributed by atoms with E-state index in [2.05, 4.69) is 215 Å². The number of aliphatic hydroxyl groups excluding tert-OH is 2. The van der Waals surface area contributed by atoms with E-state index in [9.17, 15) is 10.2 Å². The average molecular weight is 1500 g/mol. The zero-order valence-corrected chi connectivity index (χ0v) is 66.1. The summed E-state index contributed by atoms with van der Waals surface area (Å²) in [6, 6.07) is 58.1. The van der Waals surface area contributed by atoms with Gasteiger partial charge in [-0.25, -0.2) is 0 Å². The maximum atomic E-state index is 11.1. The molecule has 2 fully saturated rings. The molecule has 0 bridgehead atoms. The van der Waals surface area contributed by atoms with Gasteiger partial charge in [0.1, 0.15) is 29.8 Å². The van der Waals surface area contributed by atoms with Crippen molar-refractivity contribution >= 4 is 69.2 Å². The summed E-state index contributed by atoms with van der Waals surface area (Å²) in [7, 11) is -1.92. The molecule has 2 aliphatic heterocycles. The van der Waals surface area contributed by atoms with Gasteiger partial charge in [0, 0.05) is 19.6 Å². The first-order chi connectivity index (χ1) is 46.1. The van der Waals surface area contributed by atoms with Crippen LogP contribution < -0.4 is 30.2 Å².